The summed E-state index contributed by atoms with van der Waals surface area (Å²) in [7, 11) is 2.05. The zero-order chi connectivity index (χ0) is 32.0. The molecule has 0 spiro atoms. The Morgan fingerprint density at radius 1 is 0.889 bits per heavy atom. The normalized spacial score (nSPS) is 14.9. The molecule has 45 heavy (non-hydrogen) atoms. The van der Waals surface area contributed by atoms with Crippen molar-refractivity contribution in [2.75, 3.05) is 37.0 Å². The van der Waals surface area contributed by atoms with Gasteiger partial charge < -0.3 is 15.0 Å². The van der Waals surface area contributed by atoms with E-state index < -0.39 is 17.8 Å². The van der Waals surface area contributed by atoms with E-state index in [9.17, 15) is 22.8 Å². The third kappa shape index (κ3) is 7.54. The van der Waals surface area contributed by atoms with Crippen LogP contribution in [0.15, 0.2) is 103 Å². The van der Waals surface area contributed by atoms with Crippen LogP contribution in [0.25, 0.3) is 11.1 Å². The number of likely N-dealkylation sites (tertiary alicyclic amines) is 1. The lowest BCUT2D eigenvalue weighted by molar-refractivity contribution is -0.150. The molecule has 1 aliphatic rings. The lowest BCUT2D eigenvalue weighted by Gasteiger charge is -2.40. The van der Waals surface area contributed by atoms with Crippen LogP contribution >= 0.6 is 0 Å². The molecule has 5 rings (SSSR count). The van der Waals surface area contributed by atoms with Gasteiger partial charge in [-0.25, -0.2) is 4.79 Å². The van der Waals surface area contributed by atoms with E-state index in [0.29, 0.717) is 29.0 Å². The summed E-state index contributed by atoms with van der Waals surface area (Å²) in [5.74, 6) is -0.580. The molecule has 1 amide bonds. The third-order valence-electron chi connectivity index (χ3n) is 8.26. The minimum atomic E-state index is -4.43. The number of anilines is 2. The molecule has 0 aromatic heterocycles. The molecule has 1 fully saturated rings. The molecule has 4 aromatic carbocycles. The highest BCUT2D eigenvalue weighted by molar-refractivity contribution is 6.08. The molecule has 0 saturated carbocycles. The van der Waals surface area contributed by atoms with E-state index in [-0.39, 0.29) is 17.9 Å². The summed E-state index contributed by atoms with van der Waals surface area (Å²) in [6.45, 7) is 3.66. The van der Waals surface area contributed by atoms with Gasteiger partial charge in [-0.3, -0.25) is 9.69 Å². The largest absolute Gasteiger partial charge is 0.465 e. The molecule has 1 aliphatic heterocycles. The first-order chi connectivity index (χ1) is 21.7. The Balaban J connectivity index is 1.22. The van der Waals surface area contributed by atoms with Gasteiger partial charge in [0.2, 0.25) is 0 Å². The van der Waals surface area contributed by atoms with Crippen molar-refractivity contribution in [3.63, 3.8) is 0 Å². The Labute approximate surface area is 261 Å². The van der Waals surface area contributed by atoms with Crippen LogP contribution in [0.5, 0.6) is 0 Å². The van der Waals surface area contributed by atoms with Crippen molar-refractivity contribution in [1.29, 1.82) is 0 Å². The number of nitrogens with zero attached hydrogens (tertiary/aromatic N) is 2. The first-order valence-corrected chi connectivity index (χ1v) is 15.0. The monoisotopic (exact) mass is 615 g/mol. The maximum Gasteiger partial charge on any atom is 0.416 e. The fourth-order valence-corrected chi connectivity index (χ4v) is 5.84. The number of halogens is 3. The van der Waals surface area contributed by atoms with Gasteiger partial charge >= 0.3 is 12.1 Å². The van der Waals surface area contributed by atoms with Gasteiger partial charge in [0, 0.05) is 43.1 Å². The molecular formula is C36H36F3N3O3. The summed E-state index contributed by atoms with van der Waals surface area (Å²) in [6.07, 6.45) is -2.68. The summed E-state index contributed by atoms with van der Waals surface area (Å²) in [5, 5.41) is 2.92. The topological polar surface area (TPSA) is 61.9 Å². The molecule has 0 bridgehead atoms. The van der Waals surface area contributed by atoms with Crippen molar-refractivity contribution in [1.82, 2.24) is 4.90 Å². The van der Waals surface area contributed by atoms with Crippen LogP contribution in [-0.4, -0.2) is 49.6 Å². The maximum atomic E-state index is 13.2. The lowest BCUT2D eigenvalue weighted by Crippen LogP contribution is -2.46. The van der Waals surface area contributed by atoms with E-state index in [1.807, 2.05) is 68.6 Å². The minimum Gasteiger partial charge on any atom is -0.465 e. The molecule has 1 heterocycles. The minimum absolute atomic E-state index is 0.227. The highest BCUT2D eigenvalue weighted by Crippen LogP contribution is 2.33. The van der Waals surface area contributed by atoms with Crippen molar-refractivity contribution in [2.45, 2.75) is 38.0 Å². The number of esters is 1. The number of piperidine rings is 1. The Morgan fingerprint density at radius 3 is 2.13 bits per heavy atom. The SMILES string of the molecule is CCOC(=O)C(c1ccccc1)N1CCC(N(C)c2ccc(NC(=O)c3ccccc3-c3ccc(C(F)(F)F)cc3)cc2)CC1. The number of hydrogen-bond donors (Lipinski definition) is 1. The second-order valence-electron chi connectivity index (χ2n) is 11.1. The second-order valence-corrected chi connectivity index (χ2v) is 11.1. The van der Waals surface area contributed by atoms with Crippen molar-refractivity contribution >= 4 is 23.3 Å². The predicted molar refractivity (Wildman–Crippen MR) is 170 cm³/mol. The average Bonchev–Trinajstić information content (AvgIpc) is 3.05. The number of carbonyl (C=O) groups is 2. The number of rotatable bonds is 9. The molecule has 0 radical (unpaired) electrons. The van der Waals surface area contributed by atoms with Crippen LogP contribution in [0, 0.1) is 0 Å². The molecule has 6 nitrogen and oxygen atoms in total. The summed E-state index contributed by atoms with van der Waals surface area (Å²) < 4.78 is 44.5. The number of hydrogen-bond acceptors (Lipinski definition) is 5. The van der Waals surface area contributed by atoms with Crippen molar-refractivity contribution in [2.24, 2.45) is 0 Å². The molecule has 0 aliphatic carbocycles. The lowest BCUT2D eigenvalue weighted by atomic mass is 9.98. The van der Waals surface area contributed by atoms with Gasteiger partial charge in [-0.05, 0) is 78.9 Å². The standard InChI is InChI=1S/C36H36F3N3O3/c1-3-45-35(44)33(26-9-5-4-6-10-26)42-23-21-30(22-24-42)41(2)29-19-17-28(18-20-29)40-34(43)32-12-8-7-11-31(32)25-13-15-27(16-14-25)36(37,38)39/h4-20,30,33H,3,21-24H2,1-2H3,(H,40,43). The van der Waals surface area contributed by atoms with E-state index in [1.54, 1.807) is 24.3 Å². The van der Waals surface area contributed by atoms with Crippen LogP contribution in [0.2, 0.25) is 0 Å². The van der Waals surface area contributed by atoms with Gasteiger partial charge in [-0.15, -0.1) is 0 Å². The molecule has 9 heteroatoms. The van der Waals surface area contributed by atoms with E-state index in [2.05, 4.69) is 15.1 Å². The number of carbonyl (C=O) groups excluding carboxylic acids is 2. The zero-order valence-corrected chi connectivity index (χ0v) is 25.3. The van der Waals surface area contributed by atoms with Gasteiger partial charge in [0.15, 0.2) is 0 Å². The fourth-order valence-electron chi connectivity index (χ4n) is 5.84. The van der Waals surface area contributed by atoms with E-state index >= 15 is 0 Å². The molecule has 4 aromatic rings. The predicted octanol–water partition coefficient (Wildman–Crippen LogP) is 7.83. The average molecular weight is 616 g/mol. The smallest absolute Gasteiger partial charge is 0.416 e. The number of nitrogens with one attached hydrogen (secondary N) is 1. The molecule has 1 N–H and O–H groups in total. The van der Waals surface area contributed by atoms with Crippen LogP contribution in [0.1, 0.15) is 47.3 Å². The zero-order valence-electron chi connectivity index (χ0n) is 25.3. The molecule has 234 valence electrons. The van der Waals surface area contributed by atoms with Crippen LogP contribution in [0.4, 0.5) is 24.5 Å². The summed E-state index contributed by atoms with van der Waals surface area (Å²) >= 11 is 0. The van der Waals surface area contributed by atoms with Crippen LogP contribution in [-0.2, 0) is 15.7 Å². The third-order valence-corrected chi connectivity index (χ3v) is 8.26. The van der Waals surface area contributed by atoms with Crippen LogP contribution < -0.4 is 10.2 Å². The van der Waals surface area contributed by atoms with Crippen LogP contribution in [0.3, 0.4) is 0 Å². The number of benzene rings is 4. The summed E-state index contributed by atoms with van der Waals surface area (Å²) in [4.78, 5) is 30.5. The van der Waals surface area contributed by atoms with Gasteiger partial charge in [-0.1, -0.05) is 60.7 Å². The van der Waals surface area contributed by atoms with Crippen molar-refractivity contribution in [3.8, 4) is 11.1 Å². The molecule has 1 unspecified atom stereocenters. The highest BCUT2D eigenvalue weighted by Gasteiger charge is 2.33. The maximum absolute atomic E-state index is 13.2. The quantitative estimate of drug-likeness (QED) is 0.195. The number of alkyl halides is 3. The number of amides is 1. The first kappa shape index (κ1) is 31.8. The van der Waals surface area contributed by atoms with E-state index in [0.717, 1.165) is 49.3 Å². The van der Waals surface area contributed by atoms with Gasteiger partial charge in [0.05, 0.1) is 12.2 Å². The number of ether oxygens (including phenoxy) is 1. The Bertz CT molecular complexity index is 1580. The second kappa shape index (κ2) is 14.0. The van der Waals surface area contributed by atoms with E-state index in [1.165, 1.54) is 12.1 Å². The molecular weight excluding hydrogens is 579 g/mol. The van der Waals surface area contributed by atoms with E-state index in [4.69, 9.17) is 4.74 Å². The Hall–Kier alpha value is -4.63. The Kier molecular flexibility index (Phi) is 9.88. The Morgan fingerprint density at radius 2 is 1.51 bits per heavy atom. The van der Waals surface area contributed by atoms with Gasteiger partial charge in [0.1, 0.15) is 6.04 Å². The van der Waals surface area contributed by atoms with Crippen molar-refractivity contribution in [3.05, 3.63) is 120 Å². The molecule has 1 saturated heterocycles. The first-order valence-electron chi connectivity index (χ1n) is 15.0. The fraction of sp³-hybridized carbons (Fsp3) is 0.278. The van der Waals surface area contributed by atoms with Crippen molar-refractivity contribution < 1.29 is 27.5 Å². The highest BCUT2D eigenvalue weighted by atomic mass is 19.4. The summed E-state index contributed by atoms with van der Waals surface area (Å²) in [6, 6.07) is 28.8. The molecule has 1 atom stereocenters. The van der Waals surface area contributed by atoms with Gasteiger partial charge in [0.25, 0.3) is 5.91 Å². The summed E-state index contributed by atoms with van der Waals surface area (Å²) in [5.41, 5.74) is 3.23. The van der Waals surface area contributed by atoms with Gasteiger partial charge in [-0.2, -0.15) is 13.2 Å².